The summed E-state index contributed by atoms with van der Waals surface area (Å²) in [5.41, 5.74) is 0. The largest absolute Gasteiger partial charge is 0.391 e. The van der Waals surface area contributed by atoms with Gasteiger partial charge in [-0.15, -0.1) is 0 Å². The van der Waals surface area contributed by atoms with Gasteiger partial charge in [-0.1, -0.05) is 13.3 Å². The van der Waals surface area contributed by atoms with Gasteiger partial charge in [0.1, 0.15) is 6.17 Å². The molecule has 0 saturated carbocycles. The molecule has 0 amide bonds. The average Bonchev–Trinajstić information content (AvgIpc) is 1.59. The fraction of sp³-hybridized carbons (Fsp3) is 1.00. The van der Waals surface area contributed by atoms with Gasteiger partial charge >= 0.3 is 6.18 Å². The van der Waals surface area contributed by atoms with Crippen LogP contribution in [-0.4, -0.2) is 12.3 Å². The number of hydrogen-bond acceptors (Lipinski definition) is 0. The van der Waals surface area contributed by atoms with Crippen molar-refractivity contribution in [3.8, 4) is 0 Å². The van der Waals surface area contributed by atoms with E-state index in [1.807, 2.05) is 0 Å². The molecule has 0 fully saturated rings. The van der Waals surface area contributed by atoms with Crippen LogP contribution in [0.5, 0.6) is 0 Å². The maximum atomic E-state index is 12.2. The van der Waals surface area contributed by atoms with E-state index < -0.39 is 18.8 Å². The third kappa shape index (κ3) is 5.85. The van der Waals surface area contributed by atoms with E-state index in [0.29, 0.717) is 6.42 Å². The monoisotopic (exact) mass is 158 g/mol. The molecule has 0 rings (SSSR count). The Balaban J connectivity index is 3.47. The Bertz CT molecular complexity index is 86.2. The lowest BCUT2D eigenvalue weighted by atomic mass is 10.2. The zero-order valence-electron chi connectivity index (χ0n) is 5.71. The molecule has 0 aliphatic carbocycles. The van der Waals surface area contributed by atoms with Crippen LogP contribution < -0.4 is 0 Å². The van der Waals surface area contributed by atoms with Gasteiger partial charge in [0.05, 0.1) is 6.42 Å². The van der Waals surface area contributed by atoms with Crippen LogP contribution in [0.2, 0.25) is 0 Å². The van der Waals surface area contributed by atoms with Crippen LogP contribution in [0.15, 0.2) is 0 Å². The zero-order valence-corrected chi connectivity index (χ0v) is 5.71. The van der Waals surface area contributed by atoms with E-state index in [2.05, 4.69) is 0 Å². The highest BCUT2D eigenvalue weighted by Crippen LogP contribution is 2.24. The first-order valence-electron chi connectivity index (χ1n) is 3.16. The molecule has 0 nitrogen and oxygen atoms in total. The first-order valence-corrected chi connectivity index (χ1v) is 3.16. The van der Waals surface area contributed by atoms with E-state index in [1.165, 1.54) is 0 Å². The Labute approximate surface area is 57.2 Å². The summed E-state index contributed by atoms with van der Waals surface area (Å²) in [7, 11) is 0. The summed E-state index contributed by atoms with van der Waals surface area (Å²) in [6, 6.07) is 0. The highest BCUT2D eigenvalue weighted by Gasteiger charge is 2.31. The van der Waals surface area contributed by atoms with E-state index in [0.717, 1.165) is 0 Å². The third-order valence-electron chi connectivity index (χ3n) is 1.05. The summed E-state index contributed by atoms with van der Waals surface area (Å²) in [6.07, 6.45) is -6.92. The Morgan fingerprint density at radius 3 is 2.10 bits per heavy atom. The molecule has 0 heterocycles. The molecule has 0 radical (unpaired) electrons. The molecule has 10 heavy (non-hydrogen) atoms. The fourth-order valence-corrected chi connectivity index (χ4v) is 0.666. The molecule has 4 heteroatoms. The van der Waals surface area contributed by atoms with Crippen molar-refractivity contribution in [2.75, 3.05) is 0 Å². The topological polar surface area (TPSA) is 0 Å². The van der Waals surface area contributed by atoms with Crippen LogP contribution >= 0.6 is 0 Å². The minimum Gasteiger partial charge on any atom is -0.247 e. The second-order valence-electron chi connectivity index (χ2n) is 2.21. The number of alkyl halides is 4. The zero-order chi connectivity index (χ0) is 8.20. The van der Waals surface area contributed by atoms with E-state index >= 15 is 0 Å². The van der Waals surface area contributed by atoms with Crippen molar-refractivity contribution in [3.63, 3.8) is 0 Å². The number of halogens is 4. The van der Waals surface area contributed by atoms with Gasteiger partial charge in [-0.3, -0.25) is 0 Å². The van der Waals surface area contributed by atoms with Gasteiger partial charge in [0, 0.05) is 0 Å². The molecule has 0 aromatic rings. The molecule has 0 unspecified atom stereocenters. The molecular formula is C6H10F4. The lowest BCUT2D eigenvalue weighted by Crippen LogP contribution is -2.15. The summed E-state index contributed by atoms with van der Waals surface area (Å²) >= 11 is 0. The highest BCUT2D eigenvalue weighted by atomic mass is 19.4. The summed E-state index contributed by atoms with van der Waals surface area (Å²) in [5.74, 6) is 0. The first-order chi connectivity index (χ1) is 4.45. The van der Waals surface area contributed by atoms with Crippen LogP contribution in [0.25, 0.3) is 0 Å². The summed E-state index contributed by atoms with van der Waals surface area (Å²) < 4.78 is 46.3. The smallest absolute Gasteiger partial charge is 0.247 e. The standard InChI is InChI=1S/C6H10F4/c1-2-3-5(7)4-6(8,9)10/h5H,2-4H2,1H3/t5-/m0/s1. The molecule has 0 aromatic heterocycles. The second-order valence-corrected chi connectivity index (χ2v) is 2.21. The molecular weight excluding hydrogens is 148 g/mol. The van der Waals surface area contributed by atoms with Crippen LogP contribution in [0.3, 0.4) is 0 Å². The van der Waals surface area contributed by atoms with Crippen LogP contribution in [0.4, 0.5) is 17.6 Å². The predicted octanol–water partition coefficient (Wildman–Crippen LogP) is 3.08. The third-order valence-corrected chi connectivity index (χ3v) is 1.05. The Hall–Kier alpha value is -0.280. The highest BCUT2D eigenvalue weighted by molar-refractivity contribution is 4.60. The fourth-order valence-electron chi connectivity index (χ4n) is 0.666. The van der Waals surface area contributed by atoms with Crippen LogP contribution in [0, 0.1) is 0 Å². The molecule has 0 bridgehead atoms. The Morgan fingerprint density at radius 2 is 1.80 bits per heavy atom. The van der Waals surface area contributed by atoms with Crippen molar-refractivity contribution in [1.82, 2.24) is 0 Å². The molecule has 1 atom stereocenters. The summed E-state index contributed by atoms with van der Waals surface area (Å²) in [5, 5.41) is 0. The molecule has 0 saturated heterocycles. The van der Waals surface area contributed by atoms with Gasteiger partial charge in [-0.05, 0) is 6.42 Å². The van der Waals surface area contributed by atoms with Gasteiger partial charge in [0.15, 0.2) is 0 Å². The maximum absolute atomic E-state index is 12.2. The van der Waals surface area contributed by atoms with Crippen molar-refractivity contribution in [2.24, 2.45) is 0 Å². The van der Waals surface area contributed by atoms with Crippen LogP contribution in [-0.2, 0) is 0 Å². The molecule has 0 N–H and O–H groups in total. The van der Waals surface area contributed by atoms with Crippen molar-refractivity contribution in [1.29, 1.82) is 0 Å². The Morgan fingerprint density at radius 1 is 1.30 bits per heavy atom. The normalized spacial score (nSPS) is 15.3. The lowest BCUT2D eigenvalue weighted by Gasteiger charge is -2.08. The lowest BCUT2D eigenvalue weighted by molar-refractivity contribution is -0.146. The van der Waals surface area contributed by atoms with E-state index in [4.69, 9.17) is 0 Å². The summed E-state index contributed by atoms with van der Waals surface area (Å²) in [4.78, 5) is 0. The molecule has 0 spiro atoms. The quantitative estimate of drug-likeness (QED) is 0.553. The van der Waals surface area contributed by atoms with Gasteiger partial charge in [-0.2, -0.15) is 13.2 Å². The predicted molar refractivity (Wildman–Crippen MR) is 30.5 cm³/mol. The van der Waals surface area contributed by atoms with Crippen molar-refractivity contribution < 1.29 is 17.6 Å². The first kappa shape index (κ1) is 9.72. The minimum absolute atomic E-state index is 0.000486. The van der Waals surface area contributed by atoms with E-state index in [1.54, 1.807) is 6.92 Å². The minimum atomic E-state index is -4.35. The van der Waals surface area contributed by atoms with E-state index in [9.17, 15) is 17.6 Å². The molecule has 0 aromatic carbocycles. The average molecular weight is 158 g/mol. The van der Waals surface area contributed by atoms with Crippen molar-refractivity contribution in [2.45, 2.75) is 38.5 Å². The van der Waals surface area contributed by atoms with Crippen molar-refractivity contribution in [3.05, 3.63) is 0 Å². The van der Waals surface area contributed by atoms with Crippen molar-refractivity contribution >= 4 is 0 Å². The molecule has 0 aliphatic rings. The maximum Gasteiger partial charge on any atom is 0.391 e. The SMILES string of the molecule is CCC[C@H](F)CC(F)(F)F. The molecule has 62 valence electrons. The van der Waals surface area contributed by atoms with Gasteiger partial charge in [0.2, 0.25) is 0 Å². The van der Waals surface area contributed by atoms with Gasteiger partial charge < -0.3 is 0 Å². The second kappa shape index (κ2) is 3.78. The van der Waals surface area contributed by atoms with Gasteiger partial charge in [-0.25, -0.2) is 4.39 Å². The van der Waals surface area contributed by atoms with Gasteiger partial charge in [0.25, 0.3) is 0 Å². The number of hydrogen-bond donors (Lipinski definition) is 0. The van der Waals surface area contributed by atoms with Crippen LogP contribution in [0.1, 0.15) is 26.2 Å². The molecule has 0 aliphatic heterocycles. The Kier molecular flexibility index (Phi) is 3.68. The van der Waals surface area contributed by atoms with E-state index in [-0.39, 0.29) is 6.42 Å². The number of rotatable bonds is 3. The summed E-state index contributed by atoms with van der Waals surface area (Å²) in [6.45, 7) is 1.66.